The molecule has 1 N–H and O–H groups in total. The Labute approximate surface area is 148 Å². The zero-order chi connectivity index (χ0) is 18.4. The zero-order valence-electron chi connectivity index (χ0n) is 15.4. The maximum atomic E-state index is 14.0. The third-order valence-corrected chi connectivity index (χ3v) is 3.88. The highest BCUT2D eigenvalue weighted by atomic mass is 19.1. The van der Waals surface area contributed by atoms with E-state index in [1.807, 2.05) is 32.3 Å². The predicted molar refractivity (Wildman–Crippen MR) is 97.4 cm³/mol. The lowest BCUT2D eigenvalue weighted by Gasteiger charge is -2.15. The van der Waals surface area contributed by atoms with Gasteiger partial charge in [0.1, 0.15) is 5.82 Å². The van der Waals surface area contributed by atoms with Gasteiger partial charge in [0.25, 0.3) is 0 Å². The lowest BCUT2D eigenvalue weighted by molar-refractivity contribution is 0.323. The molecule has 0 aliphatic carbocycles. The van der Waals surface area contributed by atoms with Crippen molar-refractivity contribution in [3.8, 4) is 17.2 Å². The fourth-order valence-corrected chi connectivity index (χ4v) is 2.61. The predicted octanol–water partition coefficient (Wildman–Crippen LogP) is 3.21. The number of anilines is 1. The minimum Gasteiger partial charge on any atom is -0.493 e. The average molecular weight is 348 g/mol. The number of nitrogens with zero attached hydrogens (tertiary/aromatic N) is 1. The second kappa shape index (κ2) is 8.58. The smallest absolute Gasteiger partial charge is 0.203 e. The first-order valence-corrected chi connectivity index (χ1v) is 7.95. The molecular weight excluding hydrogens is 323 g/mol. The molecule has 0 bridgehead atoms. The summed E-state index contributed by atoms with van der Waals surface area (Å²) >= 11 is 0. The monoisotopic (exact) mass is 348 g/mol. The van der Waals surface area contributed by atoms with E-state index >= 15 is 0 Å². The van der Waals surface area contributed by atoms with Gasteiger partial charge in [-0.3, -0.25) is 0 Å². The van der Waals surface area contributed by atoms with Crippen LogP contribution in [0.5, 0.6) is 17.2 Å². The topological polar surface area (TPSA) is 43.0 Å². The van der Waals surface area contributed by atoms with Crippen molar-refractivity contribution in [3.05, 3.63) is 47.3 Å². The van der Waals surface area contributed by atoms with E-state index in [9.17, 15) is 4.39 Å². The average Bonchev–Trinajstić information content (AvgIpc) is 2.60. The van der Waals surface area contributed by atoms with Crippen molar-refractivity contribution in [2.75, 3.05) is 40.3 Å². The third-order valence-electron chi connectivity index (χ3n) is 3.88. The van der Waals surface area contributed by atoms with E-state index in [-0.39, 0.29) is 5.82 Å². The minimum absolute atomic E-state index is 0.225. The Morgan fingerprint density at radius 2 is 1.48 bits per heavy atom. The van der Waals surface area contributed by atoms with Crippen LogP contribution in [0.3, 0.4) is 0 Å². The summed E-state index contributed by atoms with van der Waals surface area (Å²) in [7, 11) is 8.39. The normalized spacial score (nSPS) is 10.5. The number of hydrogen-bond donors (Lipinski definition) is 1. The maximum Gasteiger partial charge on any atom is 0.203 e. The fourth-order valence-electron chi connectivity index (χ4n) is 2.61. The van der Waals surface area contributed by atoms with Crippen molar-refractivity contribution in [2.24, 2.45) is 0 Å². The summed E-state index contributed by atoms with van der Waals surface area (Å²) in [5.74, 6) is 1.56. The van der Waals surface area contributed by atoms with E-state index < -0.39 is 0 Å². The Balaban J connectivity index is 2.05. The number of nitrogens with one attached hydrogen (secondary N) is 1. The van der Waals surface area contributed by atoms with Gasteiger partial charge in [0.2, 0.25) is 5.75 Å². The molecule has 0 radical (unpaired) electrons. The van der Waals surface area contributed by atoms with Crippen molar-refractivity contribution < 1.29 is 18.6 Å². The van der Waals surface area contributed by atoms with Crippen LogP contribution >= 0.6 is 0 Å². The van der Waals surface area contributed by atoms with Crippen LogP contribution < -0.4 is 24.4 Å². The highest BCUT2D eigenvalue weighted by Crippen LogP contribution is 2.38. The molecule has 2 aromatic carbocycles. The zero-order valence-corrected chi connectivity index (χ0v) is 15.4. The van der Waals surface area contributed by atoms with Gasteiger partial charge in [-0.25, -0.2) is 4.39 Å². The molecule has 25 heavy (non-hydrogen) atoms. The summed E-state index contributed by atoms with van der Waals surface area (Å²) < 4.78 is 30.0. The van der Waals surface area contributed by atoms with Gasteiger partial charge in [0.05, 0.1) is 27.0 Å². The van der Waals surface area contributed by atoms with Crippen LogP contribution in [0.1, 0.15) is 11.1 Å². The Bertz CT molecular complexity index is 695. The molecule has 0 amide bonds. The van der Waals surface area contributed by atoms with Gasteiger partial charge >= 0.3 is 0 Å². The minimum atomic E-state index is -0.225. The molecule has 0 saturated heterocycles. The van der Waals surface area contributed by atoms with Gasteiger partial charge in [0.15, 0.2) is 11.5 Å². The summed E-state index contributed by atoms with van der Waals surface area (Å²) in [6.07, 6.45) is 0. The summed E-state index contributed by atoms with van der Waals surface area (Å²) in [5.41, 5.74) is 2.45. The molecule has 0 aromatic heterocycles. The molecule has 0 saturated carbocycles. The van der Waals surface area contributed by atoms with E-state index in [1.165, 1.54) is 0 Å². The number of methoxy groups -OCH3 is 3. The first-order chi connectivity index (χ1) is 12.0. The van der Waals surface area contributed by atoms with Gasteiger partial charge in [-0.1, -0.05) is 6.07 Å². The number of halogens is 1. The summed E-state index contributed by atoms with van der Waals surface area (Å²) in [5, 5.41) is 3.30. The Morgan fingerprint density at radius 3 is 1.96 bits per heavy atom. The van der Waals surface area contributed by atoms with E-state index in [2.05, 4.69) is 5.32 Å². The van der Waals surface area contributed by atoms with Crippen LogP contribution in [-0.4, -0.2) is 35.4 Å². The quantitative estimate of drug-likeness (QED) is 0.793. The lowest BCUT2D eigenvalue weighted by atomic mass is 10.1. The lowest BCUT2D eigenvalue weighted by Crippen LogP contribution is -2.14. The summed E-state index contributed by atoms with van der Waals surface area (Å²) in [6.45, 7) is 1.15. The highest BCUT2D eigenvalue weighted by Gasteiger charge is 2.13. The van der Waals surface area contributed by atoms with Gasteiger partial charge in [-0.05, 0) is 35.4 Å². The molecule has 0 spiro atoms. The van der Waals surface area contributed by atoms with Crippen LogP contribution in [0.2, 0.25) is 0 Å². The molecule has 0 aliphatic rings. The first kappa shape index (κ1) is 18.9. The Morgan fingerprint density at radius 1 is 0.880 bits per heavy atom. The molecule has 5 nitrogen and oxygen atoms in total. The SMILES string of the molecule is COc1cc(CNCc2ccc(N(C)C)c(F)c2)cc(OC)c1OC. The van der Waals surface area contributed by atoms with Crippen LogP contribution in [0.15, 0.2) is 30.3 Å². The number of ether oxygens (including phenoxy) is 3. The van der Waals surface area contributed by atoms with Gasteiger partial charge in [0, 0.05) is 27.2 Å². The van der Waals surface area contributed by atoms with Crippen LogP contribution in [0, 0.1) is 5.82 Å². The van der Waals surface area contributed by atoms with Crippen LogP contribution in [0.4, 0.5) is 10.1 Å². The highest BCUT2D eigenvalue weighted by molar-refractivity contribution is 5.53. The summed E-state index contributed by atoms with van der Waals surface area (Å²) in [6, 6.07) is 9.04. The van der Waals surface area contributed by atoms with Gasteiger partial charge in [-0.15, -0.1) is 0 Å². The molecule has 0 unspecified atom stereocenters. The maximum absolute atomic E-state index is 14.0. The van der Waals surface area contributed by atoms with Crippen molar-refractivity contribution >= 4 is 5.69 Å². The van der Waals surface area contributed by atoms with Gasteiger partial charge in [-0.2, -0.15) is 0 Å². The van der Waals surface area contributed by atoms with Crippen molar-refractivity contribution in [3.63, 3.8) is 0 Å². The van der Waals surface area contributed by atoms with E-state index in [0.29, 0.717) is 36.0 Å². The van der Waals surface area contributed by atoms with Crippen LogP contribution in [-0.2, 0) is 13.1 Å². The number of benzene rings is 2. The molecule has 0 aliphatic heterocycles. The van der Waals surface area contributed by atoms with E-state index in [0.717, 1.165) is 11.1 Å². The van der Waals surface area contributed by atoms with Crippen LogP contribution in [0.25, 0.3) is 0 Å². The molecule has 2 rings (SSSR count). The Hall–Kier alpha value is -2.47. The fraction of sp³-hybridized carbons (Fsp3) is 0.368. The molecule has 136 valence electrons. The molecular formula is C19H25FN2O3. The number of hydrogen-bond acceptors (Lipinski definition) is 5. The molecule has 6 heteroatoms. The van der Waals surface area contributed by atoms with E-state index in [4.69, 9.17) is 14.2 Å². The molecule has 0 atom stereocenters. The standard InChI is InChI=1S/C19H25FN2O3/c1-22(2)16-7-6-13(8-15(16)20)11-21-12-14-9-17(23-3)19(25-5)18(10-14)24-4/h6-10,21H,11-12H2,1-5H3. The van der Waals surface area contributed by atoms with Crippen molar-refractivity contribution in [1.29, 1.82) is 0 Å². The van der Waals surface area contributed by atoms with Gasteiger partial charge < -0.3 is 24.4 Å². The van der Waals surface area contributed by atoms with Crippen molar-refractivity contribution in [2.45, 2.75) is 13.1 Å². The second-order valence-corrected chi connectivity index (χ2v) is 5.82. The van der Waals surface area contributed by atoms with E-state index in [1.54, 1.807) is 38.4 Å². The molecule has 0 heterocycles. The second-order valence-electron chi connectivity index (χ2n) is 5.82. The first-order valence-electron chi connectivity index (χ1n) is 7.95. The van der Waals surface area contributed by atoms with Crippen molar-refractivity contribution in [1.82, 2.24) is 5.32 Å². The Kier molecular flexibility index (Phi) is 6.47. The molecule has 0 fully saturated rings. The number of rotatable bonds is 8. The summed E-state index contributed by atoms with van der Waals surface area (Å²) in [4.78, 5) is 1.75. The molecule has 2 aromatic rings. The largest absolute Gasteiger partial charge is 0.493 e. The third kappa shape index (κ3) is 4.54.